The molecule has 13 rings (SSSR count). The number of aliphatic imine (C=N–C) groups is 1. The largest absolute Gasteiger partial charge is 0.508 e. The number of hydrogen-bond donors (Lipinski definition) is 6. The van der Waals surface area contributed by atoms with Crippen molar-refractivity contribution in [3.8, 4) is 23.0 Å². The number of aromatic nitrogens is 12. The number of aromatic hydroxyl groups is 2. The average molecular weight is 1880 g/mol. The summed E-state index contributed by atoms with van der Waals surface area (Å²) in [6, 6.07) is 29.6. The van der Waals surface area contributed by atoms with Crippen molar-refractivity contribution in [3.05, 3.63) is 189 Å². The van der Waals surface area contributed by atoms with Crippen molar-refractivity contribution < 1.29 is 72.1 Å². The van der Waals surface area contributed by atoms with Gasteiger partial charge in [0.15, 0.2) is 0 Å². The van der Waals surface area contributed by atoms with Crippen molar-refractivity contribution in [2.45, 2.75) is 123 Å². The van der Waals surface area contributed by atoms with Gasteiger partial charge in [0, 0.05) is 107 Å². The van der Waals surface area contributed by atoms with E-state index in [1.54, 1.807) is 130 Å². The maximum absolute atomic E-state index is 15.2. The third kappa shape index (κ3) is 27.3. The number of nitrogens with two attached hydrogens (primary N) is 2. The summed E-state index contributed by atoms with van der Waals surface area (Å²) in [4.78, 5) is 104. The molecule has 3 saturated heterocycles. The quantitative estimate of drug-likeness (QED) is 0.0198. The number of carbonyl (C=O) groups excluding carboxylic acids is 5. The number of amidine groups is 1. The van der Waals surface area contributed by atoms with Crippen molar-refractivity contribution in [2.75, 3.05) is 187 Å². The van der Waals surface area contributed by atoms with Crippen LogP contribution in [0.4, 0.5) is 22.6 Å². The Morgan fingerprint density at radius 1 is 0.549 bits per heavy atom. The number of ether oxygens (including phenoxy) is 8. The number of benzene rings is 5. The average Bonchev–Trinajstić information content (AvgIpc) is 1.59. The van der Waals surface area contributed by atoms with Gasteiger partial charge in [-0.05, 0) is 109 Å². The number of piperazine rings is 3. The van der Waals surface area contributed by atoms with Crippen LogP contribution < -0.4 is 41.4 Å². The summed E-state index contributed by atoms with van der Waals surface area (Å²) in [6.07, 6.45) is 7.41. The Morgan fingerprint density at radius 3 is 1.56 bits per heavy atom. The molecule has 6 amide bonds. The van der Waals surface area contributed by atoms with Gasteiger partial charge in [-0.1, -0.05) is 128 Å². The summed E-state index contributed by atoms with van der Waals surface area (Å²) >= 11 is 12.8. The zero-order chi connectivity index (χ0) is 93.9. The molecule has 4 aliphatic rings. The predicted octanol–water partition coefficient (Wildman–Crippen LogP) is 7.85. The fourth-order valence-corrected chi connectivity index (χ4v) is 16.0. The Balaban J connectivity index is 0.505. The smallest absolute Gasteiger partial charge is 0.326 e. The van der Waals surface area contributed by atoms with E-state index in [0.717, 1.165) is 35.1 Å². The number of anilines is 3. The maximum atomic E-state index is 15.2. The van der Waals surface area contributed by atoms with E-state index < -0.39 is 30.2 Å². The first-order valence-corrected chi connectivity index (χ1v) is 46.1. The molecule has 8 atom stereocenters. The van der Waals surface area contributed by atoms with Gasteiger partial charge >= 0.3 is 6.03 Å². The van der Waals surface area contributed by atoms with Crippen molar-refractivity contribution in [2.24, 2.45) is 28.3 Å². The van der Waals surface area contributed by atoms with Gasteiger partial charge in [0.25, 0.3) is 0 Å². The maximum Gasteiger partial charge on any atom is 0.326 e. The summed E-state index contributed by atoms with van der Waals surface area (Å²) in [7, 11) is 1.57. The number of phenols is 2. The number of rotatable bonds is 48. The van der Waals surface area contributed by atoms with E-state index in [4.69, 9.17) is 92.5 Å². The molecule has 4 aromatic heterocycles. The molecule has 41 heteroatoms. The van der Waals surface area contributed by atoms with Crippen LogP contribution in [0.1, 0.15) is 136 Å². The minimum absolute atomic E-state index is 0.120. The summed E-state index contributed by atoms with van der Waals surface area (Å²) < 4.78 is 51.5. The molecule has 5 aromatic carbocycles. The normalized spacial score (nSPS) is 16.9. The van der Waals surface area contributed by atoms with E-state index in [1.165, 1.54) is 9.80 Å². The Hall–Kier alpha value is -11.8. The molecule has 0 bridgehead atoms. The lowest BCUT2D eigenvalue weighted by Crippen LogP contribution is -2.57. The predicted molar refractivity (Wildman–Crippen MR) is 496 cm³/mol. The number of nitrogens with one attached hydrogen (secondary N) is 2. The number of hydrogen-bond acceptors (Lipinski definition) is 30. The van der Waals surface area contributed by atoms with Crippen LogP contribution in [-0.4, -0.2) is 308 Å². The summed E-state index contributed by atoms with van der Waals surface area (Å²) in [6.45, 7) is 19.6. The second kappa shape index (κ2) is 48.7. The Labute approximate surface area is 783 Å². The monoisotopic (exact) mass is 1870 g/mol. The SMILES string of the molecule is CC[C@H](C)[C@H](N)c1cn([C@@H](Cc2ccc(O)cc2)C(=O)N2CCN(c3nc(NCCOCCOCCOCc4cn(CCOCCOCCOCCNC(=O)CN5CCN(C(=O)N6C(c7ccc(OC)cc7OC(C)C)=N[C@@H](c7ccc(Cl)cc7)[C@H]6c6ccc(Cl)cc6)CC5=O)nn4)nc(N4CCN(C(=O)[C@H](Cc5ccc(O)cc5)n5cc([C@@H](N)[C@@H](C)CC)nn5)CC4)n3)CC2)nn1. The number of carbonyl (C=O) groups is 5. The van der Waals surface area contributed by atoms with Crippen LogP contribution in [0, 0.1) is 11.8 Å². The summed E-state index contributed by atoms with van der Waals surface area (Å²) in [5.41, 5.74) is 18.9. The minimum Gasteiger partial charge on any atom is -0.508 e. The minimum atomic E-state index is -0.741. The fourth-order valence-electron chi connectivity index (χ4n) is 15.7. The molecular formula is C92H122Cl2N24O15. The third-order valence-corrected chi connectivity index (χ3v) is 24.4. The number of nitrogens with zero attached hydrogens (tertiary/aromatic N) is 20. The number of halogens is 2. The molecule has 4 aliphatic heterocycles. The Bertz CT molecular complexity index is 5100. The molecule has 0 aliphatic carbocycles. The van der Waals surface area contributed by atoms with Gasteiger partial charge in [-0.15, -0.1) is 15.3 Å². The van der Waals surface area contributed by atoms with Gasteiger partial charge in [0.1, 0.15) is 59.2 Å². The summed E-state index contributed by atoms with van der Waals surface area (Å²) in [5.74, 6) is 2.02. The first-order valence-electron chi connectivity index (χ1n) is 45.4. The standard InChI is InChI=1S/C92H122Cl2N24O15/c1-8-62(5)82(95)75-56-116(107-104-75)77(52-64-10-22-71(119)23-11-64)87(123)109-30-34-111(35-31-109)90-100-89(101-91(102-90)112-36-32-110(33-37-112)88(124)78(53-65-12-24-72(120)25-13-65)117-57-76(105-108-117)83(96)63(6)9-2)98-29-42-128-45-48-131-50-51-132-60-70-55-115(106-103-70)40-43-129-46-49-130-47-44-127-41-28-97-80(121)58-113-38-39-114(59-81(113)122)92(125)118-85(67-16-20-69(94)21-17-67)84(66-14-18-68(93)19-15-66)99-86(118)74-27-26-73(126-7)54-79(74)133-61(3)4/h10-27,54-57,61-63,77-78,82-85,119-120H,8-9,28-53,58-60,95-96H2,1-7H3,(H,97,121)(H,98,100,101,102)/t62-,63-,77-,78-,82-,83-,84-,85+/m0/s1. The van der Waals surface area contributed by atoms with Crippen LogP contribution in [0.15, 0.2) is 139 Å². The van der Waals surface area contributed by atoms with Crippen molar-refractivity contribution >= 4 is 76.5 Å². The van der Waals surface area contributed by atoms with E-state index in [-0.39, 0.29) is 118 Å². The molecule has 0 radical (unpaired) electrons. The van der Waals surface area contributed by atoms with Crippen molar-refractivity contribution in [1.29, 1.82) is 0 Å². The zero-order valence-electron chi connectivity index (χ0n) is 76.4. The summed E-state index contributed by atoms with van der Waals surface area (Å²) in [5, 5.41) is 53.6. The lowest BCUT2D eigenvalue weighted by Gasteiger charge is -2.38. The first-order chi connectivity index (χ1) is 64.5. The van der Waals surface area contributed by atoms with Crippen molar-refractivity contribution in [3.63, 3.8) is 0 Å². The molecule has 39 nitrogen and oxygen atoms in total. The van der Waals surface area contributed by atoms with E-state index >= 15 is 4.79 Å². The molecule has 0 saturated carbocycles. The first kappa shape index (κ1) is 98.7. The van der Waals surface area contributed by atoms with Gasteiger partial charge in [0.05, 0.1) is 159 Å². The highest BCUT2D eigenvalue weighted by Crippen LogP contribution is 2.46. The molecule has 8 N–H and O–H groups in total. The lowest BCUT2D eigenvalue weighted by atomic mass is 9.93. The Kier molecular flexibility index (Phi) is 36.2. The van der Waals surface area contributed by atoms with E-state index in [9.17, 15) is 29.4 Å². The van der Waals surface area contributed by atoms with E-state index in [2.05, 4.69) is 69.3 Å². The topological polar surface area (TPSA) is 442 Å². The molecule has 3 fully saturated rings. The lowest BCUT2D eigenvalue weighted by molar-refractivity contribution is -0.139. The third-order valence-electron chi connectivity index (χ3n) is 23.9. The number of urea groups is 1. The van der Waals surface area contributed by atoms with Gasteiger partial charge in [0.2, 0.25) is 41.5 Å². The number of amides is 6. The highest BCUT2D eigenvalue weighted by Gasteiger charge is 2.47. The van der Waals surface area contributed by atoms with Crippen LogP contribution >= 0.6 is 23.2 Å². The Morgan fingerprint density at radius 2 is 1.05 bits per heavy atom. The van der Waals surface area contributed by atoms with Gasteiger partial charge in [-0.3, -0.25) is 29.1 Å². The highest BCUT2D eigenvalue weighted by atomic mass is 35.5. The second-order valence-corrected chi connectivity index (χ2v) is 34.3. The van der Waals surface area contributed by atoms with Crippen LogP contribution in [0.25, 0.3) is 0 Å². The number of methoxy groups -OCH3 is 1. The highest BCUT2D eigenvalue weighted by molar-refractivity contribution is 6.30. The van der Waals surface area contributed by atoms with Gasteiger partial charge in [-0.25, -0.2) is 18.8 Å². The van der Waals surface area contributed by atoms with Crippen LogP contribution in [0.2, 0.25) is 10.0 Å². The van der Waals surface area contributed by atoms with Gasteiger partial charge < -0.3 is 99.6 Å². The molecule has 9 aromatic rings. The molecule has 0 spiro atoms. The molecule has 133 heavy (non-hydrogen) atoms. The van der Waals surface area contributed by atoms with E-state index in [0.29, 0.717) is 206 Å². The zero-order valence-corrected chi connectivity index (χ0v) is 77.9. The van der Waals surface area contributed by atoms with Gasteiger partial charge in [-0.2, -0.15) is 15.0 Å². The van der Waals surface area contributed by atoms with Crippen LogP contribution in [-0.2, 0) is 73.6 Å². The van der Waals surface area contributed by atoms with E-state index in [1.807, 2.05) is 63.8 Å². The molecule has 0 unspecified atom stereocenters. The fraction of sp³-hybridized carbons (Fsp3) is 0.511. The number of phenolic OH excluding ortho intramolecular Hbond substituents is 2. The molecule has 714 valence electrons. The second-order valence-electron chi connectivity index (χ2n) is 33.5. The molecular weight excluding hydrogens is 1750 g/mol. The van der Waals surface area contributed by atoms with Crippen molar-refractivity contribution in [1.82, 2.24) is 89.7 Å². The van der Waals surface area contributed by atoms with Crippen LogP contribution in [0.3, 0.4) is 0 Å². The van der Waals surface area contributed by atoms with Crippen LogP contribution in [0.5, 0.6) is 23.0 Å². The molecule has 8 heterocycles.